The van der Waals surface area contributed by atoms with E-state index in [1.807, 2.05) is 31.2 Å². The highest BCUT2D eigenvalue weighted by Gasteiger charge is 2.17. The molecule has 2 rings (SSSR count). The molecule has 0 fully saturated rings. The van der Waals surface area contributed by atoms with Crippen LogP contribution in [0.15, 0.2) is 36.4 Å². The third-order valence-electron chi connectivity index (χ3n) is 3.99. The molecule has 0 spiro atoms. The predicted octanol–water partition coefficient (Wildman–Crippen LogP) is 3.79. The zero-order chi connectivity index (χ0) is 19.3. The number of carbonyl (C=O) groups excluding carboxylic acids is 2. The summed E-state index contributed by atoms with van der Waals surface area (Å²) in [5.41, 5.74) is 1.53. The van der Waals surface area contributed by atoms with Gasteiger partial charge in [0.1, 0.15) is 0 Å². The molecule has 26 heavy (non-hydrogen) atoms. The van der Waals surface area contributed by atoms with E-state index in [0.29, 0.717) is 6.54 Å². The van der Waals surface area contributed by atoms with E-state index in [0.717, 1.165) is 23.3 Å². The minimum Gasteiger partial charge on any atom is -0.338 e. The highest BCUT2D eigenvalue weighted by atomic mass is 19.2. The van der Waals surface area contributed by atoms with Crippen LogP contribution in [0.2, 0.25) is 0 Å². The normalized spacial score (nSPS) is 10.5. The molecule has 0 aliphatic heterocycles. The molecule has 0 aromatic heterocycles. The first-order chi connectivity index (χ1) is 12.3. The second-order valence-corrected chi connectivity index (χ2v) is 5.89. The maximum Gasteiger partial charge on any atom is 0.226 e. The maximum absolute atomic E-state index is 13.6. The summed E-state index contributed by atoms with van der Waals surface area (Å²) in [6, 6.07) is 9.24. The van der Waals surface area contributed by atoms with Gasteiger partial charge in [-0.2, -0.15) is 0 Å². The molecule has 0 saturated heterocycles. The summed E-state index contributed by atoms with van der Waals surface area (Å²) in [7, 11) is 0. The zero-order valence-corrected chi connectivity index (χ0v) is 14.5. The van der Waals surface area contributed by atoms with Crippen molar-refractivity contribution < 1.29 is 22.8 Å². The summed E-state index contributed by atoms with van der Waals surface area (Å²) in [5, 5.41) is 2.19. The third-order valence-corrected chi connectivity index (χ3v) is 3.99. The molecule has 0 saturated carbocycles. The molecule has 2 amide bonds. The highest BCUT2D eigenvalue weighted by Crippen LogP contribution is 2.20. The molecule has 0 radical (unpaired) electrons. The van der Waals surface area contributed by atoms with E-state index in [9.17, 15) is 22.8 Å². The molecular formula is C19H19F3N2O2. The number of carbonyl (C=O) groups is 2. The Labute approximate surface area is 149 Å². The van der Waals surface area contributed by atoms with Crippen LogP contribution in [0.25, 0.3) is 0 Å². The van der Waals surface area contributed by atoms with Gasteiger partial charge in [-0.05, 0) is 30.2 Å². The molecule has 7 heteroatoms. The fraction of sp³-hybridized carbons (Fsp3) is 0.263. The fourth-order valence-corrected chi connectivity index (χ4v) is 2.41. The number of hydrogen-bond acceptors (Lipinski definition) is 2. The minimum absolute atomic E-state index is 0.107. The zero-order valence-electron chi connectivity index (χ0n) is 14.5. The Bertz CT molecular complexity index is 824. The van der Waals surface area contributed by atoms with Crippen LogP contribution in [0.1, 0.15) is 24.5 Å². The van der Waals surface area contributed by atoms with Gasteiger partial charge >= 0.3 is 0 Å². The van der Waals surface area contributed by atoms with Gasteiger partial charge in [-0.3, -0.25) is 9.59 Å². The maximum atomic E-state index is 13.6. The average Bonchev–Trinajstić information content (AvgIpc) is 2.60. The number of halogens is 3. The van der Waals surface area contributed by atoms with Gasteiger partial charge in [0.2, 0.25) is 11.8 Å². The van der Waals surface area contributed by atoms with E-state index in [4.69, 9.17) is 0 Å². The van der Waals surface area contributed by atoms with E-state index >= 15 is 0 Å². The van der Waals surface area contributed by atoms with Gasteiger partial charge in [-0.25, -0.2) is 13.2 Å². The van der Waals surface area contributed by atoms with Gasteiger partial charge < -0.3 is 10.2 Å². The van der Waals surface area contributed by atoms with Crippen molar-refractivity contribution in [2.75, 3.05) is 11.9 Å². The smallest absolute Gasteiger partial charge is 0.226 e. The van der Waals surface area contributed by atoms with E-state index < -0.39 is 29.0 Å². The third kappa shape index (κ3) is 4.84. The average molecular weight is 364 g/mol. The summed E-state index contributed by atoms with van der Waals surface area (Å²) < 4.78 is 39.7. The Kier molecular flexibility index (Phi) is 6.38. The summed E-state index contributed by atoms with van der Waals surface area (Å²) >= 11 is 0. The van der Waals surface area contributed by atoms with Crippen molar-refractivity contribution in [3.8, 4) is 0 Å². The van der Waals surface area contributed by atoms with Crippen LogP contribution >= 0.6 is 0 Å². The van der Waals surface area contributed by atoms with Gasteiger partial charge in [0.05, 0.1) is 5.69 Å². The van der Waals surface area contributed by atoms with Crippen molar-refractivity contribution in [1.82, 2.24) is 4.90 Å². The molecule has 0 unspecified atom stereocenters. The van der Waals surface area contributed by atoms with E-state index in [2.05, 4.69) is 5.32 Å². The van der Waals surface area contributed by atoms with Crippen molar-refractivity contribution >= 4 is 17.5 Å². The molecule has 138 valence electrons. The van der Waals surface area contributed by atoms with E-state index in [1.165, 1.54) is 11.8 Å². The lowest BCUT2D eigenvalue weighted by atomic mass is 10.1. The lowest BCUT2D eigenvalue weighted by Crippen LogP contribution is -2.32. The number of anilines is 1. The van der Waals surface area contributed by atoms with E-state index in [1.54, 1.807) is 0 Å². The standard InChI is InChI=1S/C19H19F3N2O2/c1-12-5-3-4-6-14(12)11-24(13(2)25)10-9-17(26)23-16-8-7-15(20)18(21)19(16)22/h3-8H,9-11H2,1-2H3,(H,23,26). The Balaban J connectivity index is 1.99. The van der Waals surface area contributed by atoms with Crippen LogP contribution in [0.4, 0.5) is 18.9 Å². The lowest BCUT2D eigenvalue weighted by molar-refractivity contribution is -0.129. The summed E-state index contributed by atoms with van der Waals surface area (Å²) in [6.45, 7) is 3.77. The molecule has 2 aromatic rings. The number of rotatable bonds is 6. The molecule has 0 bridgehead atoms. The van der Waals surface area contributed by atoms with Crippen molar-refractivity contribution in [3.05, 3.63) is 65.0 Å². The Morgan fingerprint density at radius 3 is 2.38 bits per heavy atom. The first-order valence-corrected chi connectivity index (χ1v) is 8.03. The molecule has 1 N–H and O–H groups in total. The molecule has 0 aliphatic carbocycles. The molecule has 2 aromatic carbocycles. The van der Waals surface area contributed by atoms with Crippen molar-refractivity contribution in [2.24, 2.45) is 0 Å². The number of amides is 2. The number of benzene rings is 2. The Morgan fingerprint density at radius 1 is 1.04 bits per heavy atom. The van der Waals surface area contributed by atoms with Crippen LogP contribution < -0.4 is 5.32 Å². The first-order valence-electron chi connectivity index (χ1n) is 8.03. The van der Waals surface area contributed by atoms with Crippen LogP contribution in [0, 0.1) is 24.4 Å². The Morgan fingerprint density at radius 2 is 1.73 bits per heavy atom. The van der Waals surface area contributed by atoms with Gasteiger partial charge in [-0.15, -0.1) is 0 Å². The van der Waals surface area contributed by atoms with Gasteiger partial charge in [0.15, 0.2) is 17.5 Å². The number of nitrogens with one attached hydrogen (secondary N) is 1. The monoisotopic (exact) mass is 364 g/mol. The van der Waals surface area contributed by atoms with Crippen LogP contribution in [0.5, 0.6) is 0 Å². The van der Waals surface area contributed by atoms with Crippen LogP contribution in [-0.2, 0) is 16.1 Å². The van der Waals surface area contributed by atoms with Crippen molar-refractivity contribution in [2.45, 2.75) is 26.8 Å². The predicted molar refractivity (Wildman–Crippen MR) is 91.8 cm³/mol. The molecule has 4 nitrogen and oxygen atoms in total. The molecule has 0 aliphatic rings. The first kappa shape index (κ1) is 19.5. The summed E-state index contributed by atoms with van der Waals surface area (Å²) in [4.78, 5) is 25.3. The van der Waals surface area contributed by atoms with Crippen LogP contribution in [-0.4, -0.2) is 23.3 Å². The summed E-state index contributed by atoms with van der Waals surface area (Å²) in [5.74, 6) is -5.25. The Hall–Kier alpha value is -2.83. The van der Waals surface area contributed by atoms with Gasteiger partial charge in [0.25, 0.3) is 0 Å². The van der Waals surface area contributed by atoms with Gasteiger partial charge in [0, 0.05) is 26.4 Å². The van der Waals surface area contributed by atoms with Crippen molar-refractivity contribution in [1.29, 1.82) is 0 Å². The SMILES string of the molecule is CC(=O)N(CCC(=O)Nc1ccc(F)c(F)c1F)Cc1ccccc1C. The fourth-order valence-electron chi connectivity index (χ4n) is 2.41. The second-order valence-electron chi connectivity index (χ2n) is 5.89. The van der Waals surface area contributed by atoms with Crippen molar-refractivity contribution in [3.63, 3.8) is 0 Å². The number of hydrogen-bond donors (Lipinski definition) is 1. The molecule has 0 atom stereocenters. The minimum atomic E-state index is -1.65. The largest absolute Gasteiger partial charge is 0.338 e. The molecule has 0 heterocycles. The van der Waals surface area contributed by atoms with Gasteiger partial charge in [-0.1, -0.05) is 24.3 Å². The second kappa shape index (κ2) is 8.51. The molecular weight excluding hydrogens is 345 g/mol. The number of aryl methyl sites for hydroxylation is 1. The lowest BCUT2D eigenvalue weighted by Gasteiger charge is -2.22. The van der Waals surface area contributed by atoms with Crippen LogP contribution in [0.3, 0.4) is 0 Å². The topological polar surface area (TPSA) is 49.4 Å². The highest BCUT2D eigenvalue weighted by molar-refractivity contribution is 5.91. The van der Waals surface area contributed by atoms with E-state index in [-0.39, 0.29) is 18.9 Å². The summed E-state index contributed by atoms with van der Waals surface area (Å²) in [6.07, 6.45) is -0.107. The quantitative estimate of drug-likeness (QED) is 0.793. The number of nitrogens with zero attached hydrogens (tertiary/aromatic N) is 1.